The Bertz CT molecular complexity index is 404. The Morgan fingerprint density at radius 2 is 2.00 bits per heavy atom. The molecule has 0 amide bonds. The minimum Gasteiger partial charge on any atom is -0.496 e. The van der Waals surface area contributed by atoms with Gasteiger partial charge in [-0.05, 0) is 32.9 Å². The minimum absolute atomic E-state index is 0.103. The Kier molecular flexibility index (Phi) is 5.66. The zero-order valence-corrected chi connectivity index (χ0v) is 11.5. The topological polar surface area (TPSA) is 21.3 Å². The number of hydrogen-bond acceptors (Lipinski definition) is 2. The van der Waals surface area contributed by atoms with Crippen molar-refractivity contribution in [1.82, 2.24) is 5.32 Å². The van der Waals surface area contributed by atoms with Gasteiger partial charge in [-0.1, -0.05) is 17.7 Å². The molecule has 0 heterocycles. The molecular formula is C14H20F3NO. The van der Waals surface area contributed by atoms with E-state index in [2.05, 4.69) is 5.32 Å². The first-order valence-electron chi connectivity index (χ1n) is 6.26. The second-order valence-corrected chi connectivity index (χ2v) is 4.59. The Hall–Kier alpha value is -1.23. The van der Waals surface area contributed by atoms with Gasteiger partial charge >= 0.3 is 6.18 Å². The number of rotatable bonds is 6. The molecule has 0 radical (unpaired) electrons. The van der Waals surface area contributed by atoms with Gasteiger partial charge in [0.1, 0.15) is 5.75 Å². The monoisotopic (exact) mass is 275 g/mol. The van der Waals surface area contributed by atoms with Gasteiger partial charge in [-0.15, -0.1) is 0 Å². The van der Waals surface area contributed by atoms with Crippen molar-refractivity contribution in [2.45, 2.75) is 38.4 Å². The average Bonchev–Trinajstić information content (AvgIpc) is 2.33. The summed E-state index contributed by atoms with van der Waals surface area (Å²) < 4.78 is 41.8. The number of benzene rings is 1. The second-order valence-electron chi connectivity index (χ2n) is 4.59. The summed E-state index contributed by atoms with van der Waals surface area (Å²) in [6.45, 7) is 1.95. The van der Waals surface area contributed by atoms with E-state index in [4.69, 9.17) is 4.74 Å². The van der Waals surface area contributed by atoms with Crippen LogP contribution in [0.3, 0.4) is 0 Å². The van der Waals surface area contributed by atoms with Crippen molar-refractivity contribution in [3.63, 3.8) is 0 Å². The van der Waals surface area contributed by atoms with Gasteiger partial charge in [0, 0.05) is 18.0 Å². The molecule has 108 valence electrons. The molecule has 0 aliphatic heterocycles. The fourth-order valence-corrected chi connectivity index (χ4v) is 2.09. The fourth-order valence-electron chi connectivity index (χ4n) is 2.09. The van der Waals surface area contributed by atoms with Crippen LogP contribution in [0.5, 0.6) is 5.75 Å². The van der Waals surface area contributed by atoms with Crippen molar-refractivity contribution < 1.29 is 17.9 Å². The molecule has 19 heavy (non-hydrogen) atoms. The highest BCUT2D eigenvalue weighted by molar-refractivity contribution is 5.39. The third-order valence-corrected chi connectivity index (χ3v) is 3.06. The van der Waals surface area contributed by atoms with Gasteiger partial charge in [0.15, 0.2) is 0 Å². The predicted octanol–water partition coefficient (Wildman–Crippen LogP) is 4.00. The van der Waals surface area contributed by atoms with Crippen LogP contribution in [0.15, 0.2) is 18.2 Å². The normalized spacial score (nSPS) is 13.4. The van der Waals surface area contributed by atoms with E-state index in [1.54, 1.807) is 14.2 Å². The van der Waals surface area contributed by atoms with Gasteiger partial charge in [-0.3, -0.25) is 0 Å². The predicted molar refractivity (Wildman–Crippen MR) is 69.4 cm³/mol. The van der Waals surface area contributed by atoms with E-state index in [9.17, 15) is 13.2 Å². The summed E-state index contributed by atoms with van der Waals surface area (Å²) in [5.41, 5.74) is 1.97. The Morgan fingerprint density at radius 1 is 1.32 bits per heavy atom. The summed E-state index contributed by atoms with van der Waals surface area (Å²) in [7, 11) is 3.32. The van der Waals surface area contributed by atoms with Gasteiger partial charge < -0.3 is 10.1 Å². The van der Waals surface area contributed by atoms with E-state index in [-0.39, 0.29) is 12.5 Å². The van der Waals surface area contributed by atoms with Crippen LogP contribution in [-0.2, 0) is 0 Å². The lowest BCUT2D eigenvalue weighted by molar-refractivity contribution is -0.135. The molecule has 1 unspecified atom stereocenters. The number of alkyl halides is 3. The van der Waals surface area contributed by atoms with Gasteiger partial charge in [-0.2, -0.15) is 13.2 Å². The van der Waals surface area contributed by atoms with Crippen molar-refractivity contribution in [1.29, 1.82) is 0 Å². The van der Waals surface area contributed by atoms with Gasteiger partial charge in [0.25, 0.3) is 0 Å². The molecule has 0 saturated carbocycles. The van der Waals surface area contributed by atoms with Crippen LogP contribution in [0, 0.1) is 6.92 Å². The summed E-state index contributed by atoms with van der Waals surface area (Å²) in [4.78, 5) is 0. The average molecular weight is 275 g/mol. The quantitative estimate of drug-likeness (QED) is 0.847. The molecule has 1 N–H and O–H groups in total. The fraction of sp³-hybridized carbons (Fsp3) is 0.571. The van der Waals surface area contributed by atoms with E-state index in [0.717, 1.165) is 11.1 Å². The van der Waals surface area contributed by atoms with Crippen LogP contribution < -0.4 is 10.1 Å². The van der Waals surface area contributed by atoms with Crippen molar-refractivity contribution in [3.05, 3.63) is 29.3 Å². The maximum Gasteiger partial charge on any atom is 0.389 e. The first-order chi connectivity index (χ1) is 8.87. The zero-order chi connectivity index (χ0) is 14.5. The first kappa shape index (κ1) is 15.8. The van der Waals surface area contributed by atoms with Crippen molar-refractivity contribution in [2.75, 3.05) is 14.2 Å². The van der Waals surface area contributed by atoms with Crippen LogP contribution >= 0.6 is 0 Å². The summed E-state index contributed by atoms with van der Waals surface area (Å²) in [6.07, 6.45) is -4.31. The highest BCUT2D eigenvalue weighted by Crippen LogP contribution is 2.31. The van der Waals surface area contributed by atoms with Gasteiger partial charge in [-0.25, -0.2) is 0 Å². The van der Waals surface area contributed by atoms with E-state index in [0.29, 0.717) is 12.2 Å². The van der Waals surface area contributed by atoms with E-state index in [1.807, 2.05) is 25.1 Å². The van der Waals surface area contributed by atoms with Crippen LogP contribution in [0.25, 0.3) is 0 Å². The van der Waals surface area contributed by atoms with Crippen molar-refractivity contribution in [2.24, 2.45) is 0 Å². The van der Waals surface area contributed by atoms with Crippen LogP contribution in [-0.4, -0.2) is 20.3 Å². The lowest BCUT2D eigenvalue weighted by atomic mass is 9.98. The molecule has 0 spiro atoms. The van der Waals surface area contributed by atoms with E-state index < -0.39 is 12.6 Å². The lowest BCUT2D eigenvalue weighted by Crippen LogP contribution is -2.18. The first-order valence-corrected chi connectivity index (χ1v) is 6.26. The second kappa shape index (κ2) is 6.80. The highest BCUT2D eigenvalue weighted by Gasteiger charge is 2.27. The Labute approximate surface area is 112 Å². The number of ether oxygens (including phenoxy) is 1. The molecule has 1 aromatic rings. The molecule has 0 aromatic heterocycles. The van der Waals surface area contributed by atoms with Gasteiger partial charge in [0.05, 0.1) is 7.11 Å². The molecule has 0 saturated heterocycles. The molecule has 1 rings (SSSR count). The molecule has 1 atom stereocenters. The van der Waals surface area contributed by atoms with E-state index >= 15 is 0 Å². The molecular weight excluding hydrogens is 255 g/mol. The third kappa shape index (κ3) is 5.11. The molecule has 0 fully saturated rings. The van der Waals surface area contributed by atoms with Crippen LogP contribution in [0.1, 0.15) is 36.4 Å². The zero-order valence-electron chi connectivity index (χ0n) is 11.5. The molecule has 0 aliphatic rings. The number of methoxy groups -OCH3 is 1. The smallest absolute Gasteiger partial charge is 0.389 e. The molecule has 1 aromatic carbocycles. The van der Waals surface area contributed by atoms with E-state index in [1.165, 1.54) is 0 Å². The number of nitrogens with one attached hydrogen (secondary N) is 1. The SMILES string of the molecule is CNC(CCCC(F)(F)F)c1cc(C)ccc1OC. The van der Waals surface area contributed by atoms with Crippen molar-refractivity contribution in [3.8, 4) is 5.75 Å². The Balaban J connectivity index is 2.76. The Morgan fingerprint density at radius 3 is 2.53 bits per heavy atom. The number of aryl methyl sites for hydroxylation is 1. The number of hydrogen-bond donors (Lipinski definition) is 1. The maximum absolute atomic E-state index is 12.2. The van der Waals surface area contributed by atoms with Crippen molar-refractivity contribution >= 4 is 0 Å². The molecule has 0 bridgehead atoms. The largest absolute Gasteiger partial charge is 0.496 e. The highest BCUT2D eigenvalue weighted by atomic mass is 19.4. The minimum atomic E-state index is -4.09. The lowest BCUT2D eigenvalue weighted by Gasteiger charge is -2.20. The van der Waals surface area contributed by atoms with Crippen LogP contribution in [0.2, 0.25) is 0 Å². The summed E-state index contributed by atoms with van der Waals surface area (Å²) >= 11 is 0. The summed E-state index contributed by atoms with van der Waals surface area (Å²) in [6, 6.07) is 5.59. The van der Waals surface area contributed by atoms with Crippen LogP contribution in [0.4, 0.5) is 13.2 Å². The molecule has 5 heteroatoms. The number of halogens is 3. The van der Waals surface area contributed by atoms with Gasteiger partial charge in [0.2, 0.25) is 0 Å². The third-order valence-electron chi connectivity index (χ3n) is 3.06. The summed E-state index contributed by atoms with van der Waals surface area (Å²) in [5, 5.41) is 3.06. The standard InChI is InChI=1S/C14H20F3NO/c1-10-6-7-13(19-3)11(9-10)12(18-2)5-4-8-14(15,16)17/h6-7,9,12,18H,4-5,8H2,1-3H3. The summed E-state index contributed by atoms with van der Waals surface area (Å²) in [5.74, 6) is 0.706. The molecule has 0 aliphatic carbocycles. The molecule has 2 nitrogen and oxygen atoms in total. The maximum atomic E-state index is 12.2.